The van der Waals surface area contributed by atoms with Gasteiger partial charge in [0.2, 0.25) is 5.91 Å². The zero-order valence-electron chi connectivity index (χ0n) is 18.4. The van der Waals surface area contributed by atoms with E-state index in [-0.39, 0.29) is 11.7 Å². The molecule has 3 aromatic carbocycles. The highest BCUT2D eigenvalue weighted by molar-refractivity contribution is 5.95. The van der Waals surface area contributed by atoms with E-state index in [9.17, 15) is 4.79 Å². The normalized spacial score (nSPS) is 11.3. The molecule has 1 amide bonds. The summed E-state index contributed by atoms with van der Waals surface area (Å²) in [5.74, 6) is 1.06. The van der Waals surface area contributed by atoms with E-state index >= 15 is 0 Å². The van der Waals surface area contributed by atoms with Gasteiger partial charge in [-0.25, -0.2) is 0 Å². The minimum atomic E-state index is -0.703. The van der Waals surface area contributed by atoms with Crippen molar-refractivity contribution in [2.75, 3.05) is 19.5 Å². The third-order valence-corrected chi connectivity index (χ3v) is 5.19. The summed E-state index contributed by atoms with van der Waals surface area (Å²) < 4.78 is 11.0. The number of rotatable bonds is 9. The predicted molar refractivity (Wildman–Crippen MR) is 126 cm³/mol. The van der Waals surface area contributed by atoms with Crippen LogP contribution in [-0.2, 0) is 11.3 Å². The number of hydrogen-bond acceptors (Lipinski definition) is 5. The van der Waals surface area contributed by atoms with Crippen molar-refractivity contribution in [2.24, 2.45) is 5.73 Å². The summed E-state index contributed by atoms with van der Waals surface area (Å²) in [7, 11) is 3.17. The molecule has 3 rings (SSSR count). The second-order valence-electron chi connectivity index (χ2n) is 7.32. The van der Waals surface area contributed by atoms with Gasteiger partial charge in [0.25, 0.3) is 0 Å². The Balaban J connectivity index is 1.93. The van der Waals surface area contributed by atoms with Gasteiger partial charge >= 0.3 is 0 Å². The second-order valence-corrected chi connectivity index (χ2v) is 7.32. The molecular formula is C25H28N4O3. The molecule has 3 aromatic rings. The molecule has 0 bridgehead atoms. The van der Waals surface area contributed by atoms with Crippen molar-refractivity contribution < 1.29 is 14.3 Å². The summed E-state index contributed by atoms with van der Waals surface area (Å²) >= 11 is 0. The Morgan fingerprint density at radius 1 is 1.00 bits per heavy atom. The van der Waals surface area contributed by atoms with Gasteiger partial charge in [-0.2, -0.15) is 0 Å². The van der Waals surface area contributed by atoms with Crippen LogP contribution in [0.15, 0.2) is 66.7 Å². The van der Waals surface area contributed by atoms with Gasteiger partial charge in [0.1, 0.15) is 23.4 Å². The van der Waals surface area contributed by atoms with Gasteiger partial charge in [0, 0.05) is 23.4 Å². The van der Waals surface area contributed by atoms with Crippen LogP contribution in [0.5, 0.6) is 11.5 Å². The maximum Gasteiger partial charge on any atom is 0.247 e. The monoisotopic (exact) mass is 432 g/mol. The van der Waals surface area contributed by atoms with E-state index in [2.05, 4.69) is 10.6 Å². The average molecular weight is 433 g/mol. The zero-order valence-corrected chi connectivity index (χ0v) is 18.4. The van der Waals surface area contributed by atoms with Crippen molar-refractivity contribution in [1.82, 2.24) is 5.32 Å². The Bertz CT molecular complexity index is 1060. The number of carbonyl (C=O) groups is 1. The van der Waals surface area contributed by atoms with Gasteiger partial charge < -0.3 is 25.8 Å². The number of nitrogens with one attached hydrogen (secondary N) is 3. The standard InChI is InChI=1S/C25H28N4O3/c1-16-21(31-2)13-19(14-22(16)32-3)23(25(30)28-15-17-7-5-4-6-8-17)29-20-11-9-18(10-12-20)24(26)27/h4-14,23,29H,15H2,1-3H3,(H3,26,27)(H,28,30)/t23-/m1/s1. The molecular weight excluding hydrogens is 404 g/mol. The summed E-state index contributed by atoms with van der Waals surface area (Å²) in [5, 5.41) is 13.8. The van der Waals surface area contributed by atoms with E-state index in [4.69, 9.17) is 20.6 Å². The van der Waals surface area contributed by atoms with E-state index in [1.54, 1.807) is 38.5 Å². The van der Waals surface area contributed by atoms with E-state index < -0.39 is 6.04 Å². The van der Waals surface area contributed by atoms with Crippen LogP contribution in [0.4, 0.5) is 5.69 Å². The lowest BCUT2D eigenvalue weighted by Gasteiger charge is -2.22. The topological polar surface area (TPSA) is 109 Å². The number of methoxy groups -OCH3 is 2. The van der Waals surface area contributed by atoms with Gasteiger partial charge in [-0.3, -0.25) is 10.2 Å². The van der Waals surface area contributed by atoms with Gasteiger partial charge in [-0.15, -0.1) is 0 Å². The highest BCUT2D eigenvalue weighted by atomic mass is 16.5. The fraction of sp³-hybridized carbons (Fsp3) is 0.200. The number of ether oxygens (including phenoxy) is 2. The molecule has 32 heavy (non-hydrogen) atoms. The first-order valence-corrected chi connectivity index (χ1v) is 10.2. The molecule has 0 aromatic heterocycles. The SMILES string of the molecule is COc1cc([C@@H](Nc2ccc(C(=N)N)cc2)C(=O)NCc2ccccc2)cc(OC)c1C. The summed E-state index contributed by atoms with van der Waals surface area (Å²) in [5.41, 5.74) is 9.43. The Hall–Kier alpha value is -4.00. The first-order chi connectivity index (χ1) is 15.4. The maximum absolute atomic E-state index is 13.3. The van der Waals surface area contributed by atoms with Crippen LogP contribution in [-0.4, -0.2) is 26.0 Å². The van der Waals surface area contributed by atoms with E-state index in [0.29, 0.717) is 34.9 Å². The fourth-order valence-electron chi connectivity index (χ4n) is 3.37. The average Bonchev–Trinajstić information content (AvgIpc) is 2.82. The summed E-state index contributed by atoms with van der Waals surface area (Å²) in [4.78, 5) is 13.3. The van der Waals surface area contributed by atoms with Crippen molar-refractivity contribution in [1.29, 1.82) is 5.41 Å². The van der Waals surface area contributed by atoms with Crippen molar-refractivity contribution in [3.63, 3.8) is 0 Å². The molecule has 5 N–H and O–H groups in total. The molecule has 0 saturated heterocycles. The molecule has 0 heterocycles. The Kier molecular flexibility index (Phi) is 7.33. The molecule has 7 heteroatoms. The van der Waals surface area contributed by atoms with Crippen LogP contribution < -0.4 is 25.8 Å². The Labute approximate surface area is 188 Å². The number of anilines is 1. The van der Waals surface area contributed by atoms with Crippen molar-refractivity contribution in [3.8, 4) is 11.5 Å². The second kappa shape index (κ2) is 10.3. The molecule has 0 spiro atoms. The lowest BCUT2D eigenvalue weighted by atomic mass is 10.0. The Morgan fingerprint density at radius 2 is 1.59 bits per heavy atom. The van der Waals surface area contributed by atoms with Gasteiger partial charge in [0.15, 0.2) is 0 Å². The molecule has 0 fully saturated rings. The molecule has 166 valence electrons. The summed E-state index contributed by atoms with van der Waals surface area (Å²) in [6.45, 7) is 2.31. The van der Waals surface area contributed by atoms with E-state index in [1.165, 1.54) is 0 Å². The van der Waals surface area contributed by atoms with Gasteiger partial charge in [0.05, 0.1) is 14.2 Å². The van der Waals surface area contributed by atoms with Crippen LogP contribution >= 0.6 is 0 Å². The number of hydrogen-bond donors (Lipinski definition) is 4. The van der Waals surface area contributed by atoms with Crippen molar-refractivity contribution >= 4 is 17.4 Å². The number of amidine groups is 1. The molecule has 0 aliphatic carbocycles. The van der Waals surface area contributed by atoms with Gasteiger partial charge in [-0.05, 0) is 54.4 Å². The molecule has 0 saturated carbocycles. The number of amides is 1. The first kappa shape index (κ1) is 22.7. The van der Waals surface area contributed by atoms with Crippen LogP contribution in [0.2, 0.25) is 0 Å². The highest BCUT2D eigenvalue weighted by Gasteiger charge is 2.23. The quantitative estimate of drug-likeness (QED) is 0.304. The van der Waals surface area contributed by atoms with Gasteiger partial charge in [-0.1, -0.05) is 30.3 Å². The Morgan fingerprint density at radius 3 is 2.12 bits per heavy atom. The van der Waals surface area contributed by atoms with Crippen molar-refractivity contribution in [2.45, 2.75) is 19.5 Å². The molecule has 0 unspecified atom stereocenters. The largest absolute Gasteiger partial charge is 0.496 e. The van der Waals surface area contributed by atoms with E-state index in [0.717, 1.165) is 11.1 Å². The minimum absolute atomic E-state index is 0.0123. The third kappa shape index (κ3) is 5.37. The molecule has 0 aliphatic heterocycles. The smallest absolute Gasteiger partial charge is 0.247 e. The summed E-state index contributed by atoms with van der Waals surface area (Å²) in [6, 6.07) is 19.7. The van der Waals surface area contributed by atoms with Crippen LogP contribution in [0, 0.1) is 12.3 Å². The predicted octanol–water partition coefficient (Wildman–Crippen LogP) is 3.77. The molecule has 0 aliphatic rings. The summed E-state index contributed by atoms with van der Waals surface area (Å²) in [6.07, 6.45) is 0. The molecule has 7 nitrogen and oxygen atoms in total. The van der Waals surface area contributed by atoms with E-state index in [1.807, 2.05) is 49.4 Å². The highest BCUT2D eigenvalue weighted by Crippen LogP contribution is 2.33. The third-order valence-electron chi connectivity index (χ3n) is 5.19. The maximum atomic E-state index is 13.3. The van der Waals surface area contributed by atoms with Crippen LogP contribution in [0.25, 0.3) is 0 Å². The minimum Gasteiger partial charge on any atom is -0.496 e. The van der Waals surface area contributed by atoms with Crippen LogP contribution in [0.3, 0.4) is 0 Å². The lowest BCUT2D eigenvalue weighted by Crippen LogP contribution is -2.33. The lowest BCUT2D eigenvalue weighted by molar-refractivity contribution is -0.122. The number of carbonyl (C=O) groups excluding carboxylic acids is 1. The molecule has 0 radical (unpaired) electrons. The number of benzene rings is 3. The number of nitrogens with two attached hydrogens (primary N) is 1. The zero-order chi connectivity index (χ0) is 23.1. The first-order valence-electron chi connectivity index (χ1n) is 10.2. The number of nitrogen functional groups attached to an aromatic ring is 1. The molecule has 1 atom stereocenters. The fourth-order valence-corrected chi connectivity index (χ4v) is 3.37. The van der Waals surface area contributed by atoms with Crippen LogP contribution in [0.1, 0.15) is 28.3 Å². The van der Waals surface area contributed by atoms with Crippen molar-refractivity contribution in [3.05, 3.63) is 89.0 Å².